The minimum atomic E-state index is -3.39. The second-order valence-corrected chi connectivity index (χ2v) is 8.62. The molecule has 0 N–H and O–H groups in total. The first kappa shape index (κ1) is 17.4. The summed E-state index contributed by atoms with van der Waals surface area (Å²) in [7, 11) is -0.311. The van der Waals surface area contributed by atoms with Crippen molar-refractivity contribution in [1.29, 1.82) is 0 Å². The molecular weight excluding hydrogens is 350 g/mol. The highest BCUT2D eigenvalue weighted by molar-refractivity contribution is 7.86. The van der Waals surface area contributed by atoms with Crippen molar-refractivity contribution in [3.8, 4) is 0 Å². The van der Waals surface area contributed by atoms with E-state index in [1.807, 2.05) is 24.3 Å². The third-order valence-corrected chi connectivity index (χ3v) is 6.46. The first-order chi connectivity index (χ1) is 11.4. The van der Waals surface area contributed by atoms with Gasteiger partial charge in [0.1, 0.15) is 5.76 Å². The maximum Gasteiger partial charge on any atom is 0.281 e. The lowest BCUT2D eigenvalue weighted by molar-refractivity contribution is 0.400. The summed E-state index contributed by atoms with van der Waals surface area (Å²) >= 11 is 6.17. The van der Waals surface area contributed by atoms with E-state index in [-0.39, 0.29) is 5.92 Å². The molecule has 0 amide bonds. The van der Waals surface area contributed by atoms with Crippen LogP contribution in [0.3, 0.4) is 0 Å². The van der Waals surface area contributed by atoms with Crippen molar-refractivity contribution in [1.82, 2.24) is 13.6 Å². The van der Waals surface area contributed by atoms with Crippen LogP contribution in [0.5, 0.6) is 0 Å². The van der Waals surface area contributed by atoms with Crippen LogP contribution in [0.2, 0.25) is 5.02 Å². The zero-order valence-electron chi connectivity index (χ0n) is 13.6. The number of oxazole rings is 1. The fraction of sp³-hybridized carbons (Fsp3) is 0.438. The molecule has 130 valence electrons. The Hall–Kier alpha value is -1.41. The largest absolute Gasteiger partial charge is 0.445 e. The van der Waals surface area contributed by atoms with Gasteiger partial charge in [0.15, 0.2) is 5.89 Å². The van der Waals surface area contributed by atoms with Crippen LogP contribution < -0.4 is 0 Å². The number of hydrogen-bond acceptors (Lipinski definition) is 4. The van der Waals surface area contributed by atoms with Gasteiger partial charge >= 0.3 is 0 Å². The molecule has 2 heterocycles. The van der Waals surface area contributed by atoms with Gasteiger partial charge in [0.05, 0.1) is 12.1 Å². The number of benzene rings is 1. The molecule has 1 fully saturated rings. The van der Waals surface area contributed by atoms with E-state index in [0.29, 0.717) is 36.8 Å². The molecule has 1 saturated heterocycles. The van der Waals surface area contributed by atoms with Gasteiger partial charge in [0, 0.05) is 38.6 Å². The van der Waals surface area contributed by atoms with Crippen molar-refractivity contribution < 1.29 is 12.8 Å². The quantitative estimate of drug-likeness (QED) is 0.812. The predicted octanol–water partition coefficient (Wildman–Crippen LogP) is 2.51. The summed E-state index contributed by atoms with van der Waals surface area (Å²) in [5.41, 5.74) is 0.977. The Bertz CT molecular complexity index is 819. The van der Waals surface area contributed by atoms with Crippen molar-refractivity contribution >= 4 is 21.8 Å². The van der Waals surface area contributed by atoms with Crippen LogP contribution in [0.1, 0.15) is 29.6 Å². The average Bonchev–Trinajstić information content (AvgIpc) is 3.18. The molecule has 0 radical (unpaired) electrons. The number of nitrogens with zero attached hydrogens (tertiary/aromatic N) is 3. The second-order valence-electron chi connectivity index (χ2n) is 6.07. The van der Waals surface area contributed by atoms with Crippen LogP contribution in [-0.2, 0) is 16.6 Å². The Kier molecular flexibility index (Phi) is 4.96. The van der Waals surface area contributed by atoms with E-state index in [1.165, 1.54) is 22.7 Å². The van der Waals surface area contributed by atoms with Crippen LogP contribution in [0.15, 0.2) is 34.9 Å². The van der Waals surface area contributed by atoms with Crippen molar-refractivity contribution in [2.24, 2.45) is 0 Å². The van der Waals surface area contributed by atoms with E-state index >= 15 is 0 Å². The SMILES string of the molecule is CN(C)S(=O)(=O)N1CCC(c2ncc(Cc3ccccc3Cl)o2)C1. The highest BCUT2D eigenvalue weighted by Crippen LogP contribution is 2.30. The smallest absolute Gasteiger partial charge is 0.281 e. The van der Waals surface area contributed by atoms with Gasteiger partial charge in [-0.25, -0.2) is 4.98 Å². The minimum Gasteiger partial charge on any atom is -0.445 e. The first-order valence-corrected chi connectivity index (χ1v) is 9.51. The van der Waals surface area contributed by atoms with E-state index < -0.39 is 10.2 Å². The minimum absolute atomic E-state index is 0.0141. The summed E-state index contributed by atoms with van der Waals surface area (Å²) in [6, 6.07) is 7.61. The number of rotatable bonds is 5. The molecular formula is C16H20ClN3O3S. The molecule has 3 rings (SSSR count). The molecule has 2 aromatic rings. The maximum atomic E-state index is 12.2. The highest BCUT2D eigenvalue weighted by Gasteiger charge is 2.35. The van der Waals surface area contributed by atoms with Crippen LogP contribution in [-0.4, -0.2) is 49.2 Å². The predicted molar refractivity (Wildman–Crippen MR) is 92.3 cm³/mol. The third kappa shape index (κ3) is 3.49. The van der Waals surface area contributed by atoms with Crippen molar-refractivity contribution in [3.05, 3.63) is 52.7 Å². The maximum absolute atomic E-state index is 12.2. The molecule has 1 aromatic heterocycles. The molecule has 8 heteroatoms. The Balaban J connectivity index is 1.70. The molecule has 1 aliphatic heterocycles. The number of aromatic nitrogens is 1. The molecule has 1 aromatic carbocycles. The van der Waals surface area contributed by atoms with Crippen molar-refractivity contribution in [2.45, 2.75) is 18.8 Å². The summed E-state index contributed by atoms with van der Waals surface area (Å²) in [6.07, 6.45) is 2.97. The molecule has 0 bridgehead atoms. The molecule has 0 aliphatic carbocycles. The van der Waals surface area contributed by atoms with Crippen molar-refractivity contribution in [3.63, 3.8) is 0 Å². The lowest BCUT2D eigenvalue weighted by Crippen LogP contribution is -2.38. The second kappa shape index (κ2) is 6.84. The Morgan fingerprint density at radius 3 is 2.83 bits per heavy atom. The summed E-state index contributed by atoms with van der Waals surface area (Å²) in [5.74, 6) is 1.31. The molecule has 24 heavy (non-hydrogen) atoms. The van der Waals surface area contributed by atoms with E-state index in [1.54, 1.807) is 6.20 Å². The van der Waals surface area contributed by atoms with Gasteiger partial charge in [0.25, 0.3) is 10.2 Å². The Morgan fingerprint density at radius 1 is 1.38 bits per heavy atom. The van der Waals surface area contributed by atoms with E-state index in [4.69, 9.17) is 16.0 Å². The van der Waals surface area contributed by atoms with E-state index in [0.717, 1.165) is 11.3 Å². The van der Waals surface area contributed by atoms with Gasteiger partial charge in [0.2, 0.25) is 0 Å². The summed E-state index contributed by atoms with van der Waals surface area (Å²) in [5, 5.41) is 0.694. The lowest BCUT2D eigenvalue weighted by Gasteiger charge is -2.20. The van der Waals surface area contributed by atoms with Gasteiger partial charge in [-0.05, 0) is 18.1 Å². The van der Waals surface area contributed by atoms with Crippen LogP contribution in [0.4, 0.5) is 0 Å². The fourth-order valence-corrected chi connectivity index (χ4v) is 4.16. The normalized spacial score (nSPS) is 19.2. The van der Waals surface area contributed by atoms with E-state index in [9.17, 15) is 8.42 Å². The lowest BCUT2D eigenvalue weighted by atomic mass is 10.1. The molecule has 1 aliphatic rings. The highest BCUT2D eigenvalue weighted by atomic mass is 35.5. The third-order valence-electron chi connectivity index (χ3n) is 4.18. The zero-order chi connectivity index (χ0) is 17.3. The first-order valence-electron chi connectivity index (χ1n) is 7.73. The standard InChI is InChI=1S/C16H20ClN3O3S/c1-19(2)24(21,22)20-8-7-13(11-20)16-18-10-14(23-16)9-12-5-3-4-6-15(12)17/h3-6,10,13H,7-9,11H2,1-2H3. The average molecular weight is 370 g/mol. The van der Waals surface area contributed by atoms with Gasteiger partial charge in [-0.15, -0.1) is 0 Å². The van der Waals surface area contributed by atoms with Crippen LogP contribution in [0.25, 0.3) is 0 Å². The molecule has 0 saturated carbocycles. The topological polar surface area (TPSA) is 66.7 Å². The van der Waals surface area contributed by atoms with Crippen LogP contribution >= 0.6 is 11.6 Å². The monoisotopic (exact) mass is 369 g/mol. The molecule has 6 nitrogen and oxygen atoms in total. The summed E-state index contributed by atoms with van der Waals surface area (Å²) < 4.78 is 32.9. The molecule has 0 spiro atoms. The summed E-state index contributed by atoms with van der Waals surface area (Å²) in [6.45, 7) is 0.875. The molecule has 1 atom stereocenters. The number of halogens is 1. The van der Waals surface area contributed by atoms with Gasteiger partial charge in [-0.1, -0.05) is 29.8 Å². The Morgan fingerprint density at radius 2 is 2.12 bits per heavy atom. The number of hydrogen-bond donors (Lipinski definition) is 0. The van der Waals surface area contributed by atoms with Gasteiger partial charge in [-0.2, -0.15) is 17.0 Å². The van der Waals surface area contributed by atoms with E-state index in [2.05, 4.69) is 4.98 Å². The summed E-state index contributed by atoms with van der Waals surface area (Å²) in [4.78, 5) is 4.34. The van der Waals surface area contributed by atoms with Gasteiger partial charge < -0.3 is 4.42 Å². The zero-order valence-corrected chi connectivity index (χ0v) is 15.2. The van der Waals surface area contributed by atoms with Crippen molar-refractivity contribution in [2.75, 3.05) is 27.2 Å². The van der Waals surface area contributed by atoms with Crippen LogP contribution in [0, 0.1) is 0 Å². The Labute approximate surface area is 147 Å². The fourth-order valence-electron chi connectivity index (χ4n) is 2.79. The van der Waals surface area contributed by atoms with Gasteiger partial charge in [-0.3, -0.25) is 0 Å². The molecule has 1 unspecified atom stereocenters.